The molecule has 0 spiro atoms. The van der Waals surface area contributed by atoms with Gasteiger partial charge in [-0.25, -0.2) is 0 Å². The molecule has 0 fully saturated rings. The van der Waals surface area contributed by atoms with E-state index in [2.05, 4.69) is 0 Å². The van der Waals surface area contributed by atoms with E-state index < -0.39 is 0 Å². The van der Waals surface area contributed by atoms with Crippen LogP contribution in [-0.4, -0.2) is 27.6 Å². The van der Waals surface area contributed by atoms with Gasteiger partial charge in [-0.05, 0) is 69.2 Å². The predicted molar refractivity (Wildman–Crippen MR) is 118 cm³/mol. The summed E-state index contributed by atoms with van der Waals surface area (Å²) in [6, 6.07) is 4.86. The van der Waals surface area contributed by atoms with Crippen LogP contribution in [-0.2, 0) is 16.0 Å². The molecular formula is C25H32O5. The molecule has 0 amide bonds. The van der Waals surface area contributed by atoms with Crippen molar-refractivity contribution >= 4 is 28.1 Å². The number of Topliss-reactive ketones (excluding diaryl/α,β-unsaturated/α-hetero) is 3. The maximum atomic E-state index is 12.6. The van der Waals surface area contributed by atoms with Gasteiger partial charge in [-0.3, -0.25) is 14.4 Å². The summed E-state index contributed by atoms with van der Waals surface area (Å²) in [6.07, 6.45) is 2.64. The molecule has 2 aromatic rings. The van der Waals surface area contributed by atoms with E-state index in [4.69, 9.17) is 0 Å². The van der Waals surface area contributed by atoms with E-state index in [1.807, 2.05) is 13.8 Å². The van der Waals surface area contributed by atoms with Crippen molar-refractivity contribution in [2.45, 2.75) is 66.7 Å². The number of aryl methyl sites for hydroxylation is 1. The minimum Gasteiger partial charge on any atom is -0.507 e. The third-order valence-corrected chi connectivity index (χ3v) is 5.96. The van der Waals surface area contributed by atoms with Crippen molar-refractivity contribution in [3.63, 3.8) is 0 Å². The minimum atomic E-state index is -0.270. The lowest BCUT2D eigenvalue weighted by Crippen LogP contribution is -2.26. The van der Waals surface area contributed by atoms with Crippen LogP contribution in [0.15, 0.2) is 18.2 Å². The Hall–Kier alpha value is -2.69. The molecule has 2 atom stereocenters. The van der Waals surface area contributed by atoms with Crippen LogP contribution < -0.4 is 0 Å². The van der Waals surface area contributed by atoms with Crippen molar-refractivity contribution in [3.8, 4) is 11.5 Å². The van der Waals surface area contributed by atoms with Crippen LogP contribution in [0.4, 0.5) is 0 Å². The number of aromatic hydroxyl groups is 2. The zero-order valence-electron chi connectivity index (χ0n) is 18.5. The molecule has 0 bridgehead atoms. The van der Waals surface area contributed by atoms with Crippen molar-refractivity contribution in [1.29, 1.82) is 0 Å². The van der Waals surface area contributed by atoms with Crippen LogP contribution in [0.25, 0.3) is 10.8 Å². The van der Waals surface area contributed by atoms with Gasteiger partial charge in [-0.2, -0.15) is 0 Å². The highest BCUT2D eigenvalue weighted by Crippen LogP contribution is 2.40. The summed E-state index contributed by atoms with van der Waals surface area (Å²) >= 11 is 0. The van der Waals surface area contributed by atoms with Gasteiger partial charge < -0.3 is 10.2 Å². The molecule has 0 aromatic heterocycles. The van der Waals surface area contributed by atoms with Crippen molar-refractivity contribution in [2.24, 2.45) is 11.8 Å². The van der Waals surface area contributed by atoms with Crippen LogP contribution in [0.3, 0.4) is 0 Å². The maximum Gasteiger partial charge on any atom is 0.160 e. The lowest BCUT2D eigenvalue weighted by molar-refractivity contribution is -0.129. The first-order chi connectivity index (χ1) is 14.1. The van der Waals surface area contributed by atoms with Gasteiger partial charge >= 0.3 is 0 Å². The molecule has 2 N–H and O–H groups in total. The molecule has 0 aliphatic rings. The zero-order chi connectivity index (χ0) is 22.6. The standard InChI is InChI=1S/C25H32O5/c1-6-8-17(19(7-2)22(28)11-14(3)26)12-18-13-23(29)24-15(4)20(16(5)27)9-10-21(24)25(18)30/h9-10,13,17,19,29-30H,6-8,11-12H2,1-5H3. The molecule has 0 saturated carbocycles. The Morgan fingerprint density at radius 3 is 2.27 bits per heavy atom. The summed E-state index contributed by atoms with van der Waals surface area (Å²) in [5, 5.41) is 22.6. The topological polar surface area (TPSA) is 91.7 Å². The Labute approximate surface area is 178 Å². The van der Waals surface area contributed by atoms with Gasteiger partial charge in [0.25, 0.3) is 0 Å². The number of hydrogen-bond acceptors (Lipinski definition) is 5. The van der Waals surface area contributed by atoms with E-state index in [9.17, 15) is 24.6 Å². The molecule has 5 nitrogen and oxygen atoms in total. The molecular weight excluding hydrogens is 380 g/mol. The van der Waals surface area contributed by atoms with Gasteiger partial charge in [0.15, 0.2) is 5.78 Å². The lowest BCUT2D eigenvalue weighted by atomic mass is 9.78. The highest BCUT2D eigenvalue weighted by Gasteiger charge is 2.28. The molecule has 0 aliphatic carbocycles. The highest BCUT2D eigenvalue weighted by molar-refractivity contribution is 6.05. The Kier molecular flexibility index (Phi) is 7.77. The Bertz CT molecular complexity index is 973. The van der Waals surface area contributed by atoms with Gasteiger partial charge in [0.05, 0.1) is 6.42 Å². The van der Waals surface area contributed by atoms with Crippen molar-refractivity contribution in [3.05, 3.63) is 34.9 Å². The second-order valence-corrected chi connectivity index (χ2v) is 8.23. The summed E-state index contributed by atoms with van der Waals surface area (Å²) < 4.78 is 0. The van der Waals surface area contributed by atoms with E-state index in [-0.39, 0.29) is 47.1 Å². The molecule has 2 unspecified atom stereocenters. The number of phenolic OH excluding ortho intramolecular Hbond substituents is 2. The number of rotatable bonds is 10. The third-order valence-electron chi connectivity index (χ3n) is 5.96. The quantitative estimate of drug-likeness (QED) is 0.314. The summed E-state index contributed by atoms with van der Waals surface area (Å²) in [4.78, 5) is 35.9. The normalized spacial score (nSPS) is 13.2. The van der Waals surface area contributed by atoms with Gasteiger partial charge in [-0.1, -0.05) is 26.3 Å². The molecule has 162 valence electrons. The average Bonchev–Trinajstić information content (AvgIpc) is 2.65. The Morgan fingerprint density at radius 1 is 1.07 bits per heavy atom. The summed E-state index contributed by atoms with van der Waals surface area (Å²) in [5.41, 5.74) is 1.71. The van der Waals surface area contributed by atoms with E-state index in [1.54, 1.807) is 25.1 Å². The minimum absolute atomic E-state index is 0.0109. The largest absolute Gasteiger partial charge is 0.507 e. The number of hydrogen-bond donors (Lipinski definition) is 2. The average molecular weight is 413 g/mol. The number of benzene rings is 2. The Balaban J connectivity index is 2.51. The van der Waals surface area contributed by atoms with Crippen LogP contribution >= 0.6 is 0 Å². The fourth-order valence-electron chi connectivity index (χ4n) is 4.55. The van der Waals surface area contributed by atoms with Crippen LogP contribution in [0.2, 0.25) is 0 Å². The van der Waals surface area contributed by atoms with Crippen LogP contribution in [0.1, 0.15) is 74.9 Å². The summed E-state index contributed by atoms with van der Waals surface area (Å²) in [5.74, 6) is -0.533. The predicted octanol–water partition coefficient (Wildman–Crippen LogP) is 5.30. The fourth-order valence-corrected chi connectivity index (χ4v) is 4.55. The molecule has 0 radical (unpaired) electrons. The third kappa shape index (κ3) is 4.89. The maximum absolute atomic E-state index is 12.6. The molecule has 0 saturated heterocycles. The number of phenols is 2. The number of carbonyl (C=O) groups excluding carboxylic acids is 3. The zero-order valence-corrected chi connectivity index (χ0v) is 18.5. The van der Waals surface area contributed by atoms with Crippen molar-refractivity contribution in [1.82, 2.24) is 0 Å². The molecule has 30 heavy (non-hydrogen) atoms. The highest BCUT2D eigenvalue weighted by atomic mass is 16.3. The number of fused-ring (bicyclic) bond motifs is 1. The van der Waals surface area contributed by atoms with Gasteiger partial charge in [0.1, 0.15) is 23.1 Å². The second-order valence-electron chi connectivity index (χ2n) is 8.23. The summed E-state index contributed by atoms with van der Waals surface area (Å²) in [7, 11) is 0. The van der Waals surface area contributed by atoms with E-state index in [0.717, 1.165) is 12.8 Å². The first-order valence-corrected chi connectivity index (χ1v) is 10.6. The Morgan fingerprint density at radius 2 is 1.73 bits per heavy atom. The molecule has 5 heteroatoms. The van der Waals surface area contributed by atoms with Crippen LogP contribution in [0, 0.1) is 18.8 Å². The second kappa shape index (κ2) is 9.88. The van der Waals surface area contributed by atoms with Crippen LogP contribution in [0.5, 0.6) is 11.5 Å². The van der Waals surface area contributed by atoms with E-state index >= 15 is 0 Å². The summed E-state index contributed by atoms with van der Waals surface area (Å²) in [6.45, 7) is 8.63. The number of ketones is 3. The van der Waals surface area contributed by atoms with E-state index in [1.165, 1.54) is 13.8 Å². The molecule has 2 rings (SSSR count). The molecule has 0 heterocycles. The van der Waals surface area contributed by atoms with Gasteiger partial charge in [0, 0.05) is 22.3 Å². The van der Waals surface area contributed by atoms with Crippen molar-refractivity contribution < 1.29 is 24.6 Å². The monoisotopic (exact) mass is 412 g/mol. The fraction of sp³-hybridized carbons (Fsp3) is 0.480. The first-order valence-electron chi connectivity index (χ1n) is 10.6. The van der Waals surface area contributed by atoms with Crippen molar-refractivity contribution in [2.75, 3.05) is 0 Å². The number of carbonyl (C=O) groups is 3. The van der Waals surface area contributed by atoms with Gasteiger partial charge in [-0.15, -0.1) is 0 Å². The smallest absolute Gasteiger partial charge is 0.160 e. The molecule has 0 aliphatic heterocycles. The lowest BCUT2D eigenvalue weighted by Gasteiger charge is -2.26. The first kappa shape index (κ1) is 23.6. The van der Waals surface area contributed by atoms with E-state index in [0.29, 0.717) is 40.3 Å². The SMILES string of the molecule is CCCC(Cc1cc(O)c2c(C)c(C(C)=O)ccc2c1O)C(CC)C(=O)CC(C)=O. The van der Waals surface area contributed by atoms with Gasteiger partial charge in [0.2, 0.25) is 0 Å². The molecule has 2 aromatic carbocycles.